The number of hydrogen-bond acceptors (Lipinski definition) is 4. The minimum Gasteiger partial charge on any atom is -0.394 e. The second kappa shape index (κ2) is 8.21. The van der Waals surface area contributed by atoms with E-state index in [1.165, 1.54) is 0 Å². The maximum absolute atomic E-state index is 13.1. The zero-order valence-electron chi connectivity index (χ0n) is 16.6. The first-order chi connectivity index (χ1) is 14.1. The van der Waals surface area contributed by atoms with Crippen molar-refractivity contribution >= 4 is 16.8 Å². The summed E-state index contributed by atoms with van der Waals surface area (Å²) >= 11 is 0. The third kappa shape index (κ3) is 3.96. The summed E-state index contributed by atoms with van der Waals surface area (Å²) in [4.78, 5) is 27.3. The van der Waals surface area contributed by atoms with Crippen LogP contribution in [0.3, 0.4) is 0 Å². The molecule has 152 valence electrons. The summed E-state index contributed by atoms with van der Waals surface area (Å²) in [6.45, 7) is 4.01. The van der Waals surface area contributed by atoms with E-state index in [0.717, 1.165) is 36.3 Å². The van der Waals surface area contributed by atoms with Crippen molar-refractivity contribution in [2.75, 3.05) is 19.7 Å². The van der Waals surface area contributed by atoms with Crippen LogP contribution in [0.5, 0.6) is 0 Å². The average molecular weight is 394 g/mol. The Morgan fingerprint density at radius 3 is 2.93 bits per heavy atom. The van der Waals surface area contributed by atoms with E-state index in [9.17, 15) is 9.59 Å². The van der Waals surface area contributed by atoms with Crippen molar-refractivity contribution in [3.8, 4) is 0 Å². The number of aliphatic hydroxyl groups is 1. The van der Waals surface area contributed by atoms with Gasteiger partial charge in [0, 0.05) is 42.4 Å². The normalized spacial score (nSPS) is 17.0. The van der Waals surface area contributed by atoms with Crippen molar-refractivity contribution in [3.05, 3.63) is 64.2 Å². The second-order valence-corrected chi connectivity index (χ2v) is 7.66. The number of rotatable bonds is 5. The number of amides is 1. The number of carbonyl (C=O) groups is 1. The molecule has 7 heteroatoms. The standard InChI is InChI=1S/C22H26N4O3/c1-16-13-21(28)18-6-2-3-7-20(18)26(16)15-22(29)24-9-4-5-17(14-24)19-8-10-25(23-19)11-12-27/h2-3,6-8,10,13,17,27H,4-5,9,11-12,14-15H2,1H3. The van der Waals surface area contributed by atoms with Gasteiger partial charge in [-0.2, -0.15) is 5.10 Å². The predicted molar refractivity (Wildman–Crippen MR) is 111 cm³/mol. The van der Waals surface area contributed by atoms with Crippen molar-refractivity contribution < 1.29 is 9.90 Å². The molecule has 4 rings (SSSR count). The lowest BCUT2D eigenvalue weighted by atomic mass is 9.95. The summed E-state index contributed by atoms with van der Waals surface area (Å²) in [5.41, 5.74) is 2.54. The van der Waals surface area contributed by atoms with Gasteiger partial charge in [-0.25, -0.2) is 0 Å². The molecular formula is C22H26N4O3. The number of fused-ring (bicyclic) bond motifs is 1. The first-order valence-corrected chi connectivity index (χ1v) is 10.1. The molecule has 0 aliphatic carbocycles. The Morgan fingerprint density at radius 2 is 2.10 bits per heavy atom. The quantitative estimate of drug-likeness (QED) is 0.717. The van der Waals surface area contributed by atoms with Crippen LogP contribution in [-0.4, -0.2) is 50.0 Å². The molecule has 1 atom stereocenters. The Morgan fingerprint density at radius 1 is 1.28 bits per heavy atom. The SMILES string of the molecule is Cc1cc(=O)c2ccccc2n1CC(=O)N1CCCC(c2ccn(CCO)n2)C1. The molecule has 0 saturated carbocycles. The fourth-order valence-electron chi connectivity index (χ4n) is 4.17. The molecule has 3 aromatic rings. The lowest BCUT2D eigenvalue weighted by Crippen LogP contribution is -2.41. The van der Waals surface area contributed by atoms with Gasteiger partial charge in [-0.1, -0.05) is 12.1 Å². The number of carbonyl (C=O) groups excluding carboxylic acids is 1. The van der Waals surface area contributed by atoms with Crippen LogP contribution in [0.1, 0.15) is 30.1 Å². The highest BCUT2D eigenvalue weighted by Gasteiger charge is 2.26. The van der Waals surface area contributed by atoms with Crippen molar-refractivity contribution in [1.29, 1.82) is 0 Å². The summed E-state index contributed by atoms with van der Waals surface area (Å²) in [6.07, 6.45) is 3.81. The van der Waals surface area contributed by atoms with Crippen LogP contribution in [0.15, 0.2) is 47.4 Å². The maximum atomic E-state index is 13.1. The second-order valence-electron chi connectivity index (χ2n) is 7.66. The number of aryl methyl sites for hydroxylation is 1. The van der Waals surface area contributed by atoms with Crippen LogP contribution >= 0.6 is 0 Å². The van der Waals surface area contributed by atoms with Crippen molar-refractivity contribution in [3.63, 3.8) is 0 Å². The van der Waals surface area contributed by atoms with Gasteiger partial charge in [0.25, 0.3) is 0 Å². The number of para-hydroxylation sites is 1. The maximum Gasteiger partial charge on any atom is 0.242 e. The van der Waals surface area contributed by atoms with E-state index < -0.39 is 0 Å². The van der Waals surface area contributed by atoms with Crippen LogP contribution < -0.4 is 5.43 Å². The number of hydrogen-bond donors (Lipinski definition) is 1. The van der Waals surface area contributed by atoms with Gasteiger partial charge in [0.05, 0.1) is 24.4 Å². The molecule has 1 aliphatic heterocycles. The largest absolute Gasteiger partial charge is 0.394 e. The number of piperidine rings is 1. The summed E-state index contributed by atoms with van der Waals surface area (Å²) in [5.74, 6) is 0.265. The van der Waals surface area contributed by atoms with Crippen molar-refractivity contribution in [1.82, 2.24) is 19.2 Å². The molecule has 7 nitrogen and oxygen atoms in total. The monoisotopic (exact) mass is 394 g/mol. The third-order valence-electron chi connectivity index (χ3n) is 5.70. The van der Waals surface area contributed by atoms with Crippen molar-refractivity contribution in [2.24, 2.45) is 0 Å². The van der Waals surface area contributed by atoms with Crippen LogP contribution in [0.2, 0.25) is 0 Å². The van der Waals surface area contributed by atoms with Gasteiger partial charge in [0.15, 0.2) is 5.43 Å². The molecule has 1 amide bonds. The van der Waals surface area contributed by atoms with E-state index in [2.05, 4.69) is 5.10 Å². The van der Waals surface area contributed by atoms with E-state index in [1.54, 1.807) is 16.8 Å². The molecule has 2 aromatic heterocycles. The van der Waals surface area contributed by atoms with Gasteiger partial charge < -0.3 is 14.6 Å². The van der Waals surface area contributed by atoms with Crippen molar-refractivity contribution in [2.45, 2.75) is 38.8 Å². The molecular weight excluding hydrogens is 368 g/mol. The Kier molecular flexibility index (Phi) is 5.49. The molecule has 1 aromatic carbocycles. The van der Waals surface area contributed by atoms with E-state index in [1.807, 2.05) is 46.9 Å². The Bertz CT molecular complexity index is 1090. The molecule has 1 N–H and O–H groups in total. The molecule has 29 heavy (non-hydrogen) atoms. The summed E-state index contributed by atoms with van der Waals surface area (Å²) in [5, 5.41) is 14.3. The number of likely N-dealkylation sites (tertiary alicyclic amines) is 1. The predicted octanol–water partition coefficient (Wildman–Crippen LogP) is 1.90. The molecule has 0 bridgehead atoms. The number of aliphatic hydroxyl groups excluding tert-OH is 1. The Balaban J connectivity index is 1.53. The zero-order chi connectivity index (χ0) is 20.4. The molecule has 3 heterocycles. The highest BCUT2D eigenvalue weighted by atomic mass is 16.3. The van der Waals surface area contributed by atoms with Gasteiger partial charge in [0.2, 0.25) is 5.91 Å². The number of pyridine rings is 1. The number of aromatic nitrogens is 3. The topological polar surface area (TPSA) is 80.4 Å². The molecule has 1 unspecified atom stereocenters. The van der Waals surface area contributed by atoms with Crippen LogP contribution in [0.25, 0.3) is 10.9 Å². The Hall–Kier alpha value is -2.93. The highest BCUT2D eigenvalue weighted by molar-refractivity contribution is 5.82. The van der Waals surface area contributed by atoms with Gasteiger partial charge in [-0.3, -0.25) is 14.3 Å². The van der Waals surface area contributed by atoms with Gasteiger partial charge in [-0.15, -0.1) is 0 Å². The minimum atomic E-state index is -0.0155. The van der Waals surface area contributed by atoms with E-state index in [0.29, 0.717) is 18.5 Å². The fourth-order valence-corrected chi connectivity index (χ4v) is 4.17. The average Bonchev–Trinajstić information content (AvgIpc) is 3.20. The lowest BCUT2D eigenvalue weighted by Gasteiger charge is -2.32. The summed E-state index contributed by atoms with van der Waals surface area (Å²) in [7, 11) is 0. The summed E-state index contributed by atoms with van der Waals surface area (Å²) < 4.78 is 3.67. The van der Waals surface area contributed by atoms with Gasteiger partial charge in [-0.05, 0) is 38.0 Å². The zero-order valence-corrected chi connectivity index (χ0v) is 16.6. The lowest BCUT2D eigenvalue weighted by molar-refractivity contribution is -0.133. The smallest absolute Gasteiger partial charge is 0.242 e. The van der Waals surface area contributed by atoms with E-state index in [4.69, 9.17) is 5.11 Å². The first kappa shape index (κ1) is 19.4. The minimum absolute atomic E-state index is 0.0155. The number of nitrogens with zero attached hydrogens (tertiary/aromatic N) is 4. The first-order valence-electron chi connectivity index (χ1n) is 10.1. The van der Waals surface area contributed by atoms with Gasteiger partial charge in [0.1, 0.15) is 6.54 Å². The third-order valence-corrected chi connectivity index (χ3v) is 5.70. The van der Waals surface area contributed by atoms with E-state index in [-0.39, 0.29) is 30.4 Å². The molecule has 1 aliphatic rings. The summed E-state index contributed by atoms with van der Waals surface area (Å²) in [6, 6.07) is 11.0. The van der Waals surface area contributed by atoms with Gasteiger partial charge >= 0.3 is 0 Å². The molecule has 0 radical (unpaired) electrons. The van der Waals surface area contributed by atoms with Crippen LogP contribution in [0.4, 0.5) is 0 Å². The molecule has 0 spiro atoms. The fraction of sp³-hybridized carbons (Fsp3) is 0.409. The Labute approximate surface area is 169 Å². The highest BCUT2D eigenvalue weighted by Crippen LogP contribution is 2.26. The van der Waals surface area contributed by atoms with E-state index >= 15 is 0 Å². The molecule has 1 fully saturated rings. The van der Waals surface area contributed by atoms with Crippen LogP contribution in [-0.2, 0) is 17.9 Å². The molecule has 1 saturated heterocycles. The van der Waals surface area contributed by atoms with Crippen LogP contribution in [0, 0.1) is 6.92 Å². The number of benzene rings is 1.